The minimum Gasteiger partial charge on any atom is -0.386 e. The Morgan fingerprint density at radius 3 is 2.50 bits per heavy atom. The van der Waals surface area contributed by atoms with Crippen LogP contribution in [-0.2, 0) is 10.0 Å². The van der Waals surface area contributed by atoms with Gasteiger partial charge in [-0.2, -0.15) is 0 Å². The summed E-state index contributed by atoms with van der Waals surface area (Å²) < 4.78 is 26.8. The Morgan fingerprint density at radius 1 is 1.44 bits per heavy atom. The molecule has 0 aliphatic heterocycles. The van der Waals surface area contributed by atoms with Gasteiger partial charge in [0.1, 0.15) is 5.84 Å². The van der Waals surface area contributed by atoms with Gasteiger partial charge in [-0.05, 0) is 31.9 Å². The van der Waals surface area contributed by atoms with E-state index in [1.807, 2.05) is 13.0 Å². The normalized spacial score (nSPS) is 13.3. The van der Waals surface area contributed by atoms with Gasteiger partial charge in [0.15, 0.2) is 0 Å². The number of benzene rings is 1. The maximum Gasteiger partial charge on any atom is 0.241 e. The average Bonchev–Trinajstić information content (AvgIpc) is 2.24. The zero-order valence-corrected chi connectivity index (χ0v) is 11.6. The molecule has 4 N–H and O–H groups in total. The third kappa shape index (κ3) is 3.30. The first-order chi connectivity index (χ1) is 8.27. The number of sulfonamides is 1. The summed E-state index contributed by atoms with van der Waals surface area (Å²) in [6, 6.07) is 4.47. The summed E-state index contributed by atoms with van der Waals surface area (Å²) in [6.07, 6.45) is 0.444. The van der Waals surface area contributed by atoms with Gasteiger partial charge in [-0.25, -0.2) is 13.1 Å². The second-order valence-corrected chi connectivity index (χ2v) is 5.99. The predicted octanol–water partition coefficient (Wildman–Crippen LogP) is 1.30. The molecule has 0 radical (unpaired) electrons. The van der Waals surface area contributed by atoms with Crippen molar-refractivity contribution in [1.82, 2.24) is 4.72 Å². The highest BCUT2D eigenvalue weighted by atomic mass is 32.2. The molecule has 0 aliphatic carbocycles. The Bertz CT molecular complexity index is 552. The van der Waals surface area contributed by atoms with Crippen molar-refractivity contribution >= 4 is 15.9 Å². The maximum absolute atomic E-state index is 12.2. The van der Waals surface area contributed by atoms with Crippen LogP contribution in [0.2, 0.25) is 0 Å². The summed E-state index contributed by atoms with van der Waals surface area (Å²) in [5.41, 5.74) is 7.04. The van der Waals surface area contributed by atoms with Crippen LogP contribution in [0.1, 0.15) is 24.5 Å². The van der Waals surface area contributed by atoms with E-state index in [1.165, 1.54) is 0 Å². The lowest BCUT2D eigenvalue weighted by atomic mass is 10.2. The number of nitrogens with one attached hydrogen (secondary N) is 2. The first-order valence-corrected chi connectivity index (χ1v) is 7.19. The Kier molecular flexibility index (Phi) is 4.48. The van der Waals surface area contributed by atoms with Gasteiger partial charge >= 0.3 is 0 Å². The third-order valence-corrected chi connectivity index (χ3v) is 4.33. The third-order valence-electron chi connectivity index (χ3n) is 2.70. The SMILES string of the molecule is CCC(NS(=O)(=O)c1ccc(C)cc1C)C(=N)N. The van der Waals surface area contributed by atoms with Gasteiger partial charge in [0.2, 0.25) is 10.0 Å². The topological polar surface area (TPSA) is 96.0 Å². The van der Waals surface area contributed by atoms with E-state index in [1.54, 1.807) is 26.0 Å². The molecule has 0 bridgehead atoms. The van der Waals surface area contributed by atoms with Crippen molar-refractivity contribution in [2.45, 2.75) is 38.1 Å². The lowest BCUT2D eigenvalue weighted by molar-refractivity contribution is 0.570. The quantitative estimate of drug-likeness (QED) is 0.555. The van der Waals surface area contributed by atoms with Gasteiger partial charge in [0.25, 0.3) is 0 Å². The zero-order valence-electron chi connectivity index (χ0n) is 10.8. The molecule has 1 atom stereocenters. The molecule has 1 rings (SSSR count). The van der Waals surface area contributed by atoms with Crippen molar-refractivity contribution in [3.05, 3.63) is 29.3 Å². The van der Waals surface area contributed by atoms with Crippen LogP contribution in [0.15, 0.2) is 23.1 Å². The first kappa shape index (κ1) is 14.7. The number of hydrogen-bond acceptors (Lipinski definition) is 3. The zero-order chi connectivity index (χ0) is 13.9. The summed E-state index contributed by atoms with van der Waals surface area (Å²) in [7, 11) is -3.63. The molecule has 1 aromatic carbocycles. The van der Waals surface area contributed by atoms with Gasteiger partial charge in [-0.15, -0.1) is 0 Å². The molecule has 18 heavy (non-hydrogen) atoms. The van der Waals surface area contributed by atoms with Gasteiger partial charge in [-0.1, -0.05) is 24.6 Å². The second-order valence-electron chi connectivity index (χ2n) is 4.31. The lowest BCUT2D eigenvalue weighted by Crippen LogP contribution is -2.43. The summed E-state index contributed by atoms with van der Waals surface area (Å²) in [5, 5.41) is 7.33. The van der Waals surface area contributed by atoms with E-state index < -0.39 is 16.1 Å². The van der Waals surface area contributed by atoms with Gasteiger partial charge in [0, 0.05) is 0 Å². The molecule has 0 saturated carbocycles. The van der Waals surface area contributed by atoms with Gasteiger partial charge < -0.3 is 5.73 Å². The Hall–Kier alpha value is -1.40. The Labute approximate surface area is 108 Å². The van der Waals surface area contributed by atoms with E-state index in [9.17, 15) is 8.42 Å². The van der Waals surface area contributed by atoms with Gasteiger partial charge in [0.05, 0.1) is 10.9 Å². The molecule has 1 unspecified atom stereocenters. The van der Waals surface area contributed by atoms with Crippen LogP contribution in [0.3, 0.4) is 0 Å². The molecular weight excluding hydrogens is 250 g/mol. The van der Waals surface area contributed by atoms with Crippen molar-refractivity contribution in [3.63, 3.8) is 0 Å². The average molecular weight is 269 g/mol. The molecule has 5 nitrogen and oxygen atoms in total. The number of aryl methyl sites for hydroxylation is 2. The molecule has 0 spiro atoms. The molecule has 0 saturated heterocycles. The maximum atomic E-state index is 12.2. The highest BCUT2D eigenvalue weighted by Crippen LogP contribution is 2.16. The molecule has 6 heteroatoms. The van der Waals surface area contributed by atoms with E-state index in [0.717, 1.165) is 5.56 Å². The van der Waals surface area contributed by atoms with Crippen LogP contribution >= 0.6 is 0 Å². The standard InChI is InChI=1S/C12H19N3O2S/c1-4-10(12(13)14)15-18(16,17)11-6-5-8(2)7-9(11)3/h5-7,10,15H,4H2,1-3H3,(H3,13,14). The van der Waals surface area contributed by atoms with E-state index >= 15 is 0 Å². The Balaban J connectivity index is 3.10. The van der Waals surface area contributed by atoms with Crippen molar-refractivity contribution in [2.24, 2.45) is 5.73 Å². The van der Waals surface area contributed by atoms with Crippen molar-refractivity contribution < 1.29 is 8.42 Å². The molecule has 1 aromatic rings. The molecule has 0 fully saturated rings. The fraction of sp³-hybridized carbons (Fsp3) is 0.417. The predicted molar refractivity (Wildman–Crippen MR) is 72.2 cm³/mol. The van der Waals surface area contributed by atoms with Crippen molar-refractivity contribution in [1.29, 1.82) is 5.41 Å². The molecule has 0 heterocycles. The van der Waals surface area contributed by atoms with Crippen LogP contribution < -0.4 is 10.5 Å². The lowest BCUT2D eigenvalue weighted by Gasteiger charge is -2.16. The van der Waals surface area contributed by atoms with Gasteiger partial charge in [-0.3, -0.25) is 5.41 Å². The number of amidine groups is 1. The first-order valence-electron chi connectivity index (χ1n) is 5.71. The van der Waals surface area contributed by atoms with E-state index in [0.29, 0.717) is 12.0 Å². The molecule has 0 aliphatic rings. The summed E-state index contributed by atoms with van der Waals surface area (Å²) in [5.74, 6) is -0.175. The summed E-state index contributed by atoms with van der Waals surface area (Å²) in [6.45, 7) is 5.42. The number of rotatable bonds is 5. The van der Waals surface area contributed by atoms with Crippen LogP contribution in [-0.4, -0.2) is 20.3 Å². The van der Waals surface area contributed by atoms with Crippen molar-refractivity contribution in [3.8, 4) is 0 Å². The van der Waals surface area contributed by atoms with Crippen LogP contribution in [0.5, 0.6) is 0 Å². The molecule has 100 valence electrons. The van der Waals surface area contributed by atoms with E-state index in [-0.39, 0.29) is 10.7 Å². The fourth-order valence-electron chi connectivity index (χ4n) is 1.72. The van der Waals surface area contributed by atoms with Crippen molar-refractivity contribution in [2.75, 3.05) is 0 Å². The number of nitrogens with two attached hydrogens (primary N) is 1. The monoisotopic (exact) mass is 269 g/mol. The smallest absolute Gasteiger partial charge is 0.241 e. The minimum absolute atomic E-state index is 0.175. The second kappa shape index (κ2) is 5.49. The number of hydrogen-bond donors (Lipinski definition) is 3. The van der Waals surface area contributed by atoms with E-state index in [2.05, 4.69) is 4.72 Å². The van der Waals surface area contributed by atoms with Crippen LogP contribution in [0.25, 0.3) is 0 Å². The largest absolute Gasteiger partial charge is 0.386 e. The Morgan fingerprint density at radius 2 is 2.06 bits per heavy atom. The summed E-state index contributed by atoms with van der Waals surface area (Å²) in [4.78, 5) is 0.229. The van der Waals surface area contributed by atoms with Crippen LogP contribution in [0, 0.1) is 19.3 Å². The van der Waals surface area contributed by atoms with Crippen LogP contribution in [0.4, 0.5) is 0 Å². The minimum atomic E-state index is -3.63. The molecule has 0 aromatic heterocycles. The highest BCUT2D eigenvalue weighted by molar-refractivity contribution is 7.89. The molecular formula is C12H19N3O2S. The molecule has 0 amide bonds. The highest BCUT2D eigenvalue weighted by Gasteiger charge is 2.22. The van der Waals surface area contributed by atoms with E-state index in [4.69, 9.17) is 11.1 Å². The fourth-order valence-corrected chi connectivity index (χ4v) is 3.24. The summed E-state index contributed by atoms with van der Waals surface area (Å²) >= 11 is 0.